The molecule has 3 nitrogen and oxygen atoms in total. The van der Waals surface area contributed by atoms with Gasteiger partial charge < -0.3 is 0 Å². The topological polar surface area (TPSA) is 37.4 Å². The van der Waals surface area contributed by atoms with Crippen molar-refractivity contribution in [3.63, 3.8) is 0 Å². The highest BCUT2D eigenvalue weighted by Crippen LogP contribution is 2.33. The fourth-order valence-electron chi connectivity index (χ4n) is 1.96. The van der Waals surface area contributed by atoms with E-state index in [-0.39, 0.29) is 4.75 Å². The lowest BCUT2D eigenvalue weighted by Gasteiger charge is -2.22. The summed E-state index contributed by atoms with van der Waals surface area (Å²) in [7, 11) is -3.35. The number of thiophene rings is 1. The molecule has 0 unspecified atom stereocenters. The second-order valence-electron chi connectivity index (χ2n) is 5.14. The molecular formula is C12H18ClNO2S3. The van der Waals surface area contributed by atoms with Crippen LogP contribution in [-0.2, 0) is 15.9 Å². The largest absolute Gasteiger partial charge is 0.243 e. The molecule has 1 fully saturated rings. The molecule has 108 valence electrons. The summed E-state index contributed by atoms with van der Waals surface area (Å²) < 4.78 is 26.9. The Balaban J connectivity index is 2.20. The first-order chi connectivity index (χ1) is 8.85. The first-order valence-corrected chi connectivity index (χ1v) is 9.97. The summed E-state index contributed by atoms with van der Waals surface area (Å²) in [5.74, 6) is 1.21. The molecule has 0 radical (unpaired) electrons. The molecular weight excluding hydrogens is 322 g/mol. The van der Waals surface area contributed by atoms with Gasteiger partial charge in [-0.2, -0.15) is 16.1 Å². The van der Waals surface area contributed by atoms with Crippen LogP contribution in [0.15, 0.2) is 16.3 Å². The molecule has 0 saturated carbocycles. The van der Waals surface area contributed by atoms with E-state index in [1.165, 1.54) is 11.3 Å². The Hall–Kier alpha value is 0.250. The van der Waals surface area contributed by atoms with Crippen molar-refractivity contribution in [2.45, 2.75) is 35.8 Å². The van der Waals surface area contributed by atoms with Crippen LogP contribution < -0.4 is 0 Å². The third kappa shape index (κ3) is 3.67. The van der Waals surface area contributed by atoms with Crippen molar-refractivity contribution >= 4 is 44.7 Å². The van der Waals surface area contributed by atoms with Crippen LogP contribution in [0, 0.1) is 0 Å². The number of hydrogen-bond acceptors (Lipinski definition) is 4. The zero-order valence-corrected chi connectivity index (χ0v) is 14.3. The van der Waals surface area contributed by atoms with Gasteiger partial charge in [0.25, 0.3) is 0 Å². The average Bonchev–Trinajstić information content (AvgIpc) is 2.75. The molecule has 1 aromatic heterocycles. The summed E-state index contributed by atoms with van der Waals surface area (Å²) in [4.78, 5) is 1.28. The summed E-state index contributed by atoms with van der Waals surface area (Å²) in [6, 6.07) is 1.69. The van der Waals surface area contributed by atoms with Gasteiger partial charge in [-0.25, -0.2) is 8.42 Å². The number of hydrogen-bond donors (Lipinski definition) is 0. The summed E-state index contributed by atoms with van der Waals surface area (Å²) in [5.41, 5.74) is 0. The quantitative estimate of drug-likeness (QED) is 0.792. The number of halogens is 1. The smallest absolute Gasteiger partial charge is 0.207 e. The van der Waals surface area contributed by atoms with E-state index in [1.54, 1.807) is 15.8 Å². The van der Waals surface area contributed by atoms with Gasteiger partial charge in [0, 0.05) is 33.8 Å². The summed E-state index contributed by atoms with van der Waals surface area (Å²) in [6.45, 7) is 5.52. The lowest BCUT2D eigenvalue weighted by molar-refractivity contribution is 0.415. The van der Waals surface area contributed by atoms with Gasteiger partial charge in [-0.1, -0.05) is 13.8 Å². The Labute approximate surface area is 128 Å². The maximum absolute atomic E-state index is 12.6. The molecule has 0 N–H and O–H groups in total. The molecule has 0 spiro atoms. The molecule has 2 rings (SSSR count). The van der Waals surface area contributed by atoms with Crippen molar-refractivity contribution in [1.82, 2.24) is 4.31 Å². The van der Waals surface area contributed by atoms with E-state index < -0.39 is 10.0 Å². The number of thioether (sulfide) groups is 1. The van der Waals surface area contributed by atoms with Crippen molar-refractivity contribution < 1.29 is 8.42 Å². The first-order valence-electron chi connectivity index (χ1n) is 6.13. The van der Waals surface area contributed by atoms with E-state index in [0.717, 1.165) is 17.1 Å². The highest BCUT2D eigenvalue weighted by molar-refractivity contribution is 8.00. The van der Waals surface area contributed by atoms with Crippen LogP contribution in [0.2, 0.25) is 0 Å². The molecule has 0 atom stereocenters. The minimum Gasteiger partial charge on any atom is -0.207 e. The fourth-order valence-corrected chi connectivity index (χ4v) is 5.99. The molecule has 7 heteroatoms. The van der Waals surface area contributed by atoms with Crippen LogP contribution in [-0.4, -0.2) is 36.3 Å². The van der Waals surface area contributed by atoms with Gasteiger partial charge in [-0.05, 0) is 12.5 Å². The summed E-state index contributed by atoms with van der Waals surface area (Å²) in [5, 5.41) is 1.69. The molecule has 0 bridgehead atoms. The maximum Gasteiger partial charge on any atom is 0.243 e. The van der Waals surface area contributed by atoms with Gasteiger partial charge in [0.05, 0.1) is 10.8 Å². The molecule has 0 aliphatic carbocycles. The molecule has 0 aromatic carbocycles. The molecule has 2 heterocycles. The predicted molar refractivity (Wildman–Crippen MR) is 83.8 cm³/mol. The SMILES string of the molecule is CC1(C)CCN(S(=O)(=O)c2csc(CCl)c2)CCS1. The van der Waals surface area contributed by atoms with Crippen LogP contribution >= 0.6 is 34.7 Å². The lowest BCUT2D eigenvalue weighted by Crippen LogP contribution is -2.33. The third-order valence-electron chi connectivity index (χ3n) is 3.20. The van der Waals surface area contributed by atoms with Gasteiger partial charge in [0.1, 0.15) is 0 Å². The molecule has 1 aromatic rings. The van der Waals surface area contributed by atoms with Gasteiger partial charge in [-0.15, -0.1) is 22.9 Å². The fraction of sp³-hybridized carbons (Fsp3) is 0.667. The van der Waals surface area contributed by atoms with Crippen LogP contribution in [0.25, 0.3) is 0 Å². The van der Waals surface area contributed by atoms with Crippen molar-refractivity contribution in [3.05, 3.63) is 16.3 Å². The summed E-state index contributed by atoms with van der Waals surface area (Å²) in [6.07, 6.45) is 0.878. The van der Waals surface area contributed by atoms with Crippen LogP contribution in [0.5, 0.6) is 0 Å². The second kappa shape index (κ2) is 5.93. The van der Waals surface area contributed by atoms with Crippen molar-refractivity contribution in [3.8, 4) is 0 Å². The Kier molecular flexibility index (Phi) is 4.88. The monoisotopic (exact) mass is 339 g/mol. The minimum atomic E-state index is -3.35. The third-order valence-corrected chi connectivity index (χ3v) is 7.98. The van der Waals surface area contributed by atoms with Crippen molar-refractivity contribution in [2.24, 2.45) is 0 Å². The Morgan fingerprint density at radius 3 is 2.79 bits per heavy atom. The number of alkyl halides is 1. The zero-order valence-electron chi connectivity index (χ0n) is 11.1. The van der Waals surface area contributed by atoms with Gasteiger partial charge in [0.2, 0.25) is 10.0 Å². The van der Waals surface area contributed by atoms with Crippen LogP contribution in [0.3, 0.4) is 0 Å². The molecule has 0 amide bonds. The Bertz CT molecular complexity index is 539. The molecule has 19 heavy (non-hydrogen) atoms. The number of rotatable bonds is 3. The molecule has 1 aliphatic rings. The highest BCUT2D eigenvalue weighted by atomic mass is 35.5. The van der Waals surface area contributed by atoms with Gasteiger partial charge in [0.15, 0.2) is 0 Å². The lowest BCUT2D eigenvalue weighted by atomic mass is 10.1. The number of nitrogens with zero attached hydrogens (tertiary/aromatic N) is 1. The van der Waals surface area contributed by atoms with Crippen LogP contribution in [0.1, 0.15) is 25.1 Å². The maximum atomic E-state index is 12.6. The Morgan fingerprint density at radius 1 is 1.42 bits per heavy atom. The normalized spacial score (nSPS) is 21.2. The average molecular weight is 340 g/mol. The Morgan fingerprint density at radius 2 is 2.16 bits per heavy atom. The summed E-state index contributed by atoms with van der Waals surface area (Å²) >= 11 is 8.98. The minimum absolute atomic E-state index is 0.153. The van der Waals surface area contributed by atoms with E-state index in [0.29, 0.717) is 23.9 Å². The van der Waals surface area contributed by atoms with E-state index in [1.807, 2.05) is 11.8 Å². The van der Waals surface area contributed by atoms with Gasteiger partial charge in [-0.3, -0.25) is 0 Å². The van der Waals surface area contributed by atoms with E-state index in [2.05, 4.69) is 13.8 Å². The standard InChI is InChI=1S/C12H18ClNO2S3/c1-12(2)3-4-14(5-6-18-12)19(15,16)11-7-10(8-13)17-9-11/h7,9H,3-6,8H2,1-2H3. The van der Waals surface area contributed by atoms with Gasteiger partial charge >= 0.3 is 0 Å². The van der Waals surface area contributed by atoms with E-state index >= 15 is 0 Å². The zero-order chi connectivity index (χ0) is 14.1. The first kappa shape index (κ1) is 15.6. The molecule has 1 saturated heterocycles. The molecule has 1 aliphatic heterocycles. The van der Waals surface area contributed by atoms with Crippen molar-refractivity contribution in [2.75, 3.05) is 18.8 Å². The highest BCUT2D eigenvalue weighted by Gasteiger charge is 2.31. The number of sulfonamides is 1. The van der Waals surface area contributed by atoms with Crippen LogP contribution in [0.4, 0.5) is 0 Å². The van der Waals surface area contributed by atoms with E-state index in [9.17, 15) is 8.42 Å². The predicted octanol–water partition coefficient (Wildman–Crippen LogP) is 3.39. The van der Waals surface area contributed by atoms with Crippen molar-refractivity contribution in [1.29, 1.82) is 0 Å². The van der Waals surface area contributed by atoms with E-state index in [4.69, 9.17) is 11.6 Å². The second-order valence-corrected chi connectivity index (χ2v) is 10.1.